The Morgan fingerprint density at radius 3 is 1.93 bits per heavy atom. The van der Waals surface area contributed by atoms with Crippen molar-refractivity contribution in [3.8, 4) is 0 Å². The van der Waals surface area contributed by atoms with Gasteiger partial charge in [-0.3, -0.25) is 24.0 Å². The van der Waals surface area contributed by atoms with Crippen molar-refractivity contribution in [2.75, 3.05) is 40.8 Å². The molecule has 0 radical (unpaired) electrons. The first-order chi connectivity index (χ1) is 20.1. The van der Waals surface area contributed by atoms with E-state index in [9.17, 15) is 24.0 Å². The largest absolute Gasteiger partial charge is 0.395 e. The van der Waals surface area contributed by atoms with Crippen LogP contribution in [0.2, 0.25) is 0 Å². The number of nitrogens with zero attached hydrogens (tertiary/aromatic N) is 1. The molecule has 12 nitrogen and oxygen atoms in total. The number of benzene rings is 1. The van der Waals surface area contributed by atoms with Gasteiger partial charge >= 0.3 is 0 Å². The fourth-order valence-corrected chi connectivity index (χ4v) is 4.46. The quantitative estimate of drug-likeness (QED) is 0.0977. The van der Waals surface area contributed by atoms with Gasteiger partial charge in [0.15, 0.2) is 0 Å². The molecule has 0 heterocycles. The zero-order valence-electron chi connectivity index (χ0n) is 26.9. The number of hydrogen-bond donors (Lipinski definition) is 6. The molecule has 6 N–H and O–H groups in total. The fraction of sp³-hybridized carbons (Fsp3) is 0.645. The topological polar surface area (TPSA) is 166 Å². The number of quaternary nitrogens is 1. The van der Waals surface area contributed by atoms with Crippen molar-refractivity contribution in [3.05, 3.63) is 35.9 Å². The van der Waals surface area contributed by atoms with E-state index in [1.807, 2.05) is 44.2 Å². The third-order valence-electron chi connectivity index (χ3n) is 6.68. The second kappa shape index (κ2) is 18.9. The van der Waals surface area contributed by atoms with Crippen LogP contribution in [0.3, 0.4) is 0 Å². The molecule has 43 heavy (non-hydrogen) atoms. The van der Waals surface area contributed by atoms with Crippen LogP contribution in [0.25, 0.3) is 0 Å². The van der Waals surface area contributed by atoms with Crippen LogP contribution >= 0.6 is 0 Å². The van der Waals surface area contributed by atoms with Crippen LogP contribution in [0.4, 0.5) is 0 Å². The van der Waals surface area contributed by atoms with Crippen molar-refractivity contribution in [3.63, 3.8) is 0 Å². The zero-order chi connectivity index (χ0) is 32.6. The Balaban J connectivity index is 2.93. The molecule has 0 saturated carbocycles. The van der Waals surface area contributed by atoms with Gasteiger partial charge in [-0.05, 0) is 44.1 Å². The molecule has 1 aromatic rings. The minimum atomic E-state index is -0.999. The van der Waals surface area contributed by atoms with E-state index in [0.29, 0.717) is 19.3 Å². The predicted octanol–water partition coefficient (Wildman–Crippen LogP) is 0.239. The molecule has 0 fully saturated rings. The van der Waals surface area contributed by atoms with Crippen molar-refractivity contribution in [1.82, 2.24) is 26.6 Å². The van der Waals surface area contributed by atoms with Crippen LogP contribution in [-0.4, -0.2) is 104 Å². The third-order valence-corrected chi connectivity index (χ3v) is 6.68. The van der Waals surface area contributed by atoms with Gasteiger partial charge in [-0.15, -0.1) is 0 Å². The van der Waals surface area contributed by atoms with Gasteiger partial charge in [0.1, 0.15) is 24.2 Å². The highest BCUT2D eigenvalue weighted by atomic mass is 16.3. The SMILES string of the molecule is CC(=O)N[C@@H](Cc1ccccc1)C(=O)N[C@@H](C)C(=O)N[C@@H](CC(C)C)C(=O)N[C@@H](CCCC[N+](C)(C)C)C(=O)NCCO. The number of hydrogen-bond acceptors (Lipinski definition) is 6. The van der Waals surface area contributed by atoms with Crippen molar-refractivity contribution in [2.45, 2.75) is 84.0 Å². The Hall–Kier alpha value is -3.51. The number of aliphatic hydroxyl groups excluding tert-OH is 1. The van der Waals surface area contributed by atoms with Crippen molar-refractivity contribution < 1.29 is 33.6 Å². The van der Waals surface area contributed by atoms with Gasteiger partial charge in [-0.2, -0.15) is 0 Å². The lowest BCUT2D eigenvalue weighted by atomic mass is 10.0. The molecule has 1 aromatic carbocycles. The van der Waals surface area contributed by atoms with E-state index >= 15 is 0 Å². The highest BCUT2D eigenvalue weighted by Gasteiger charge is 2.30. The predicted molar refractivity (Wildman–Crippen MR) is 166 cm³/mol. The molecule has 5 amide bonds. The number of carbonyl (C=O) groups excluding carboxylic acids is 5. The number of amides is 5. The van der Waals surface area contributed by atoms with Gasteiger partial charge in [-0.25, -0.2) is 0 Å². The highest BCUT2D eigenvalue weighted by molar-refractivity contribution is 5.95. The average Bonchev–Trinajstić information content (AvgIpc) is 2.91. The molecule has 0 aliphatic heterocycles. The van der Waals surface area contributed by atoms with E-state index in [2.05, 4.69) is 47.7 Å². The summed E-state index contributed by atoms with van der Waals surface area (Å²) in [7, 11) is 6.25. The summed E-state index contributed by atoms with van der Waals surface area (Å²) in [5, 5.41) is 22.6. The van der Waals surface area contributed by atoms with E-state index in [1.54, 1.807) is 0 Å². The first kappa shape index (κ1) is 37.5. The first-order valence-electron chi connectivity index (χ1n) is 15.0. The maximum Gasteiger partial charge on any atom is 0.243 e. The standard InChI is InChI=1S/C31H52N6O6/c1-21(2)19-26(31(43)35-25(29(41)32-16-18-38)15-11-12-17-37(5,6)7)36-28(40)22(3)33-30(42)27(34-23(4)39)20-24-13-9-8-10-14-24/h8-10,13-14,21-22,25-27,38H,11-12,15-20H2,1-7H3,(H4-,32,33,34,35,36,39,40,41,42,43)/p+1/t22-,25-,26-,27-/m0/s1. The van der Waals surface area contributed by atoms with E-state index in [-0.39, 0.29) is 31.4 Å². The molecule has 0 saturated heterocycles. The Morgan fingerprint density at radius 1 is 0.767 bits per heavy atom. The lowest BCUT2D eigenvalue weighted by Crippen LogP contribution is -2.58. The molecule has 4 atom stereocenters. The van der Waals surface area contributed by atoms with E-state index in [4.69, 9.17) is 5.11 Å². The molecule has 242 valence electrons. The summed E-state index contributed by atoms with van der Waals surface area (Å²) in [5.74, 6) is -2.33. The number of nitrogens with one attached hydrogen (secondary N) is 5. The monoisotopic (exact) mass is 605 g/mol. The summed E-state index contributed by atoms with van der Waals surface area (Å²) in [6, 6.07) is 5.54. The molecule has 12 heteroatoms. The lowest BCUT2D eigenvalue weighted by Gasteiger charge is -2.27. The second-order valence-electron chi connectivity index (χ2n) is 12.4. The summed E-state index contributed by atoms with van der Waals surface area (Å²) in [4.78, 5) is 64.1. The maximum absolute atomic E-state index is 13.4. The number of unbranched alkanes of at least 4 members (excludes halogenated alkanes) is 1. The lowest BCUT2D eigenvalue weighted by molar-refractivity contribution is -0.870. The normalized spacial score (nSPS) is 14.2. The molecular formula is C31H53N6O6+. The summed E-state index contributed by atoms with van der Waals surface area (Å²) in [6.45, 7) is 7.39. The maximum atomic E-state index is 13.4. The van der Waals surface area contributed by atoms with Gasteiger partial charge < -0.3 is 36.2 Å². The summed E-state index contributed by atoms with van der Waals surface area (Å²) in [6.07, 6.45) is 2.52. The Labute approximate surface area is 256 Å². The van der Waals surface area contributed by atoms with Crippen LogP contribution in [0.5, 0.6) is 0 Å². The van der Waals surface area contributed by atoms with Gasteiger partial charge in [0, 0.05) is 19.9 Å². The summed E-state index contributed by atoms with van der Waals surface area (Å²) in [5.41, 5.74) is 0.845. The van der Waals surface area contributed by atoms with Gasteiger partial charge in [0.05, 0.1) is 34.3 Å². The average molecular weight is 606 g/mol. The molecule has 0 aliphatic rings. The fourth-order valence-electron chi connectivity index (χ4n) is 4.46. The van der Waals surface area contributed by atoms with Gasteiger partial charge in [-0.1, -0.05) is 44.2 Å². The molecular weight excluding hydrogens is 552 g/mol. The Bertz CT molecular complexity index is 1040. The summed E-state index contributed by atoms with van der Waals surface area (Å²) < 4.78 is 0.781. The molecule has 0 spiro atoms. The van der Waals surface area contributed by atoms with Crippen LogP contribution in [0, 0.1) is 5.92 Å². The summed E-state index contributed by atoms with van der Waals surface area (Å²) >= 11 is 0. The molecule has 1 rings (SSSR count). The van der Waals surface area contributed by atoms with Gasteiger partial charge in [0.25, 0.3) is 0 Å². The molecule has 0 aliphatic carbocycles. The zero-order valence-corrected chi connectivity index (χ0v) is 26.9. The van der Waals surface area contributed by atoms with Crippen LogP contribution < -0.4 is 26.6 Å². The van der Waals surface area contributed by atoms with Crippen molar-refractivity contribution in [1.29, 1.82) is 0 Å². The first-order valence-corrected chi connectivity index (χ1v) is 15.0. The van der Waals surface area contributed by atoms with Crippen LogP contribution in [0.15, 0.2) is 30.3 Å². The molecule has 0 unspecified atom stereocenters. The number of aliphatic hydroxyl groups is 1. The Kier molecular flexibility index (Phi) is 16.5. The van der Waals surface area contributed by atoms with Crippen LogP contribution in [0.1, 0.15) is 58.9 Å². The molecule has 0 aromatic heterocycles. The van der Waals surface area contributed by atoms with Crippen LogP contribution in [-0.2, 0) is 30.4 Å². The van der Waals surface area contributed by atoms with E-state index in [1.165, 1.54) is 13.8 Å². The number of rotatable bonds is 19. The molecule has 0 bridgehead atoms. The third kappa shape index (κ3) is 16.1. The van der Waals surface area contributed by atoms with Gasteiger partial charge in [0.2, 0.25) is 29.5 Å². The second-order valence-corrected chi connectivity index (χ2v) is 12.4. The number of carbonyl (C=O) groups is 5. The van der Waals surface area contributed by atoms with E-state index in [0.717, 1.165) is 23.0 Å². The minimum Gasteiger partial charge on any atom is -0.395 e. The van der Waals surface area contributed by atoms with E-state index < -0.39 is 47.8 Å². The van der Waals surface area contributed by atoms with Crippen molar-refractivity contribution >= 4 is 29.5 Å². The minimum absolute atomic E-state index is 0.0437. The van der Waals surface area contributed by atoms with Crippen molar-refractivity contribution in [2.24, 2.45) is 5.92 Å². The smallest absolute Gasteiger partial charge is 0.243 e. The highest BCUT2D eigenvalue weighted by Crippen LogP contribution is 2.10. The Morgan fingerprint density at radius 2 is 1.37 bits per heavy atom.